The summed E-state index contributed by atoms with van der Waals surface area (Å²) in [5, 5.41) is 3.06. The van der Waals surface area contributed by atoms with Crippen LogP contribution in [0.2, 0.25) is 0 Å². The summed E-state index contributed by atoms with van der Waals surface area (Å²) in [6, 6.07) is 9.02. The van der Waals surface area contributed by atoms with Crippen molar-refractivity contribution >= 4 is 11.7 Å². The maximum absolute atomic E-state index is 12.2. The van der Waals surface area contributed by atoms with Crippen LogP contribution in [-0.4, -0.2) is 37.1 Å². The van der Waals surface area contributed by atoms with Crippen LogP contribution >= 0.6 is 0 Å². The molecule has 4 heteroatoms. The number of benzene rings is 1. The Bertz CT molecular complexity index is 449. The monoisotopic (exact) mass is 275 g/mol. The number of urea groups is 1. The van der Waals surface area contributed by atoms with Gasteiger partial charge >= 0.3 is 6.03 Å². The molecular weight excluding hydrogens is 250 g/mol. The molecule has 0 atom stereocenters. The second-order valence-corrected chi connectivity index (χ2v) is 6.01. The Morgan fingerprint density at radius 1 is 1.25 bits per heavy atom. The molecule has 0 saturated heterocycles. The minimum atomic E-state index is 0.0548. The largest absolute Gasteiger partial charge is 0.378 e. The number of carbonyl (C=O) groups is 1. The van der Waals surface area contributed by atoms with E-state index in [-0.39, 0.29) is 12.1 Å². The average Bonchev–Trinajstić information content (AvgIpc) is 3.19. The molecule has 1 aliphatic carbocycles. The molecule has 0 spiro atoms. The Kier molecular flexibility index (Phi) is 4.53. The molecule has 1 fully saturated rings. The van der Waals surface area contributed by atoms with Crippen LogP contribution in [0.4, 0.5) is 10.5 Å². The number of hydrogen-bond acceptors (Lipinski definition) is 2. The van der Waals surface area contributed by atoms with Crippen molar-refractivity contribution in [1.82, 2.24) is 10.2 Å². The molecule has 1 aromatic rings. The van der Waals surface area contributed by atoms with Crippen molar-refractivity contribution < 1.29 is 4.79 Å². The first-order valence-electron chi connectivity index (χ1n) is 7.30. The number of nitrogens with one attached hydrogen (secondary N) is 1. The summed E-state index contributed by atoms with van der Waals surface area (Å²) in [6.45, 7) is 4.77. The molecule has 2 rings (SSSR count). The van der Waals surface area contributed by atoms with E-state index < -0.39 is 0 Å². The lowest BCUT2D eigenvalue weighted by Gasteiger charge is -2.27. The zero-order chi connectivity index (χ0) is 14.7. The van der Waals surface area contributed by atoms with Crippen LogP contribution in [-0.2, 0) is 6.54 Å². The van der Waals surface area contributed by atoms with E-state index in [1.54, 1.807) is 0 Å². The van der Waals surface area contributed by atoms with Gasteiger partial charge in [-0.3, -0.25) is 0 Å². The van der Waals surface area contributed by atoms with Crippen molar-refractivity contribution in [3.63, 3.8) is 0 Å². The highest BCUT2D eigenvalue weighted by molar-refractivity contribution is 5.75. The summed E-state index contributed by atoms with van der Waals surface area (Å²) in [7, 11) is 4.05. The lowest BCUT2D eigenvalue weighted by Crippen LogP contribution is -2.44. The zero-order valence-corrected chi connectivity index (χ0v) is 12.9. The van der Waals surface area contributed by atoms with Gasteiger partial charge in [-0.15, -0.1) is 0 Å². The van der Waals surface area contributed by atoms with Crippen molar-refractivity contribution in [1.29, 1.82) is 0 Å². The second kappa shape index (κ2) is 6.16. The molecule has 0 aromatic heterocycles. The first-order chi connectivity index (χ1) is 9.47. The van der Waals surface area contributed by atoms with Crippen molar-refractivity contribution in [2.45, 2.75) is 45.3 Å². The van der Waals surface area contributed by atoms with Crippen LogP contribution in [0.1, 0.15) is 32.3 Å². The van der Waals surface area contributed by atoms with Crippen LogP contribution < -0.4 is 10.2 Å². The Morgan fingerprint density at radius 3 is 2.30 bits per heavy atom. The molecule has 1 N–H and O–H groups in total. The van der Waals surface area contributed by atoms with E-state index in [1.807, 2.05) is 19.0 Å². The first-order valence-corrected chi connectivity index (χ1v) is 7.30. The van der Waals surface area contributed by atoms with Gasteiger partial charge in [0.25, 0.3) is 0 Å². The minimum Gasteiger partial charge on any atom is -0.378 e. The summed E-state index contributed by atoms with van der Waals surface area (Å²) >= 11 is 0. The molecule has 1 aromatic carbocycles. The smallest absolute Gasteiger partial charge is 0.318 e. The van der Waals surface area contributed by atoms with E-state index >= 15 is 0 Å². The van der Waals surface area contributed by atoms with E-state index in [0.29, 0.717) is 12.6 Å². The normalized spacial score (nSPS) is 14.2. The Morgan fingerprint density at radius 2 is 1.85 bits per heavy atom. The Labute approximate surface area is 121 Å². The van der Waals surface area contributed by atoms with Crippen molar-refractivity contribution in [2.75, 3.05) is 19.0 Å². The molecule has 4 nitrogen and oxygen atoms in total. The molecular formula is C16H25N3O. The Hall–Kier alpha value is -1.71. The van der Waals surface area contributed by atoms with E-state index in [2.05, 4.69) is 48.3 Å². The van der Waals surface area contributed by atoms with Gasteiger partial charge in [0, 0.05) is 38.4 Å². The van der Waals surface area contributed by atoms with Crippen LogP contribution in [0.5, 0.6) is 0 Å². The van der Waals surface area contributed by atoms with Crippen LogP contribution in [0.3, 0.4) is 0 Å². The van der Waals surface area contributed by atoms with Gasteiger partial charge in [-0.25, -0.2) is 4.79 Å². The fraction of sp³-hybridized carbons (Fsp3) is 0.562. The third-order valence-corrected chi connectivity index (χ3v) is 3.59. The third-order valence-electron chi connectivity index (χ3n) is 3.59. The Balaban J connectivity index is 2.01. The molecule has 20 heavy (non-hydrogen) atoms. The predicted molar refractivity (Wildman–Crippen MR) is 83.0 cm³/mol. The highest BCUT2D eigenvalue weighted by atomic mass is 16.2. The van der Waals surface area contributed by atoms with Gasteiger partial charge < -0.3 is 15.1 Å². The van der Waals surface area contributed by atoms with Crippen LogP contribution in [0.15, 0.2) is 24.3 Å². The average molecular weight is 275 g/mol. The molecule has 2 amide bonds. The van der Waals surface area contributed by atoms with Crippen molar-refractivity contribution in [3.05, 3.63) is 29.8 Å². The maximum Gasteiger partial charge on any atom is 0.318 e. The summed E-state index contributed by atoms with van der Waals surface area (Å²) in [6.07, 6.45) is 2.24. The topological polar surface area (TPSA) is 35.6 Å². The number of carbonyl (C=O) groups excluding carboxylic acids is 1. The summed E-state index contributed by atoms with van der Waals surface area (Å²) < 4.78 is 0. The van der Waals surface area contributed by atoms with Gasteiger partial charge in [0.1, 0.15) is 0 Å². The highest BCUT2D eigenvalue weighted by Gasteiger charge is 2.26. The van der Waals surface area contributed by atoms with Gasteiger partial charge in [-0.05, 0) is 44.4 Å². The van der Waals surface area contributed by atoms with Crippen LogP contribution in [0.25, 0.3) is 0 Å². The molecule has 110 valence electrons. The number of nitrogens with zero attached hydrogens (tertiary/aromatic N) is 2. The minimum absolute atomic E-state index is 0.0548. The van der Waals surface area contributed by atoms with Gasteiger partial charge in [0.15, 0.2) is 0 Å². The molecule has 0 bridgehead atoms. The van der Waals surface area contributed by atoms with Crippen LogP contribution in [0, 0.1) is 0 Å². The summed E-state index contributed by atoms with van der Waals surface area (Å²) in [4.78, 5) is 16.2. The second-order valence-electron chi connectivity index (χ2n) is 6.01. The first kappa shape index (κ1) is 14.7. The number of rotatable bonds is 5. The molecule has 1 saturated carbocycles. The quantitative estimate of drug-likeness (QED) is 0.897. The van der Waals surface area contributed by atoms with Crippen molar-refractivity contribution in [2.24, 2.45) is 0 Å². The molecule has 0 heterocycles. The maximum atomic E-state index is 12.2. The summed E-state index contributed by atoms with van der Waals surface area (Å²) in [5.74, 6) is 0. The van der Waals surface area contributed by atoms with Gasteiger partial charge in [0.05, 0.1) is 0 Å². The molecule has 1 aliphatic rings. The van der Waals surface area contributed by atoms with Gasteiger partial charge in [-0.2, -0.15) is 0 Å². The fourth-order valence-electron chi connectivity index (χ4n) is 2.07. The lowest BCUT2D eigenvalue weighted by atomic mass is 10.1. The highest BCUT2D eigenvalue weighted by Crippen LogP contribution is 2.20. The number of hydrogen-bond donors (Lipinski definition) is 1. The number of anilines is 1. The fourth-order valence-corrected chi connectivity index (χ4v) is 2.07. The van der Waals surface area contributed by atoms with Gasteiger partial charge in [-0.1, -0.05) is 12.1 Å². The molecule has 0 radical (unpaired) electrons. The standard InChI is InChI=1S/C16H25N3O/c1-12(2)19(16(20)17-14-7-8-14)11-13-5-9-15(10-6-13)18(3)4/h5-6,9-10,12,14H,7-8,11H2,1-4H3,(H,17,20). The molecule has 0 aliphatic heterocycles. The predicted octanol–water partition coefficient (Wildman–Crippen LogP) is 2.84. The van der Waals surface area contributed by atoms with E-state index in [9.17, 15) is 4.79 Å². The number of amides is 2. The van der Waals surface area contributed by atoms with Crippen molar-refractivity contribution in [3.8, 4) is 0 Å². The van der Waals surface area contributed by atoms with E-state index in [0.717, 1.165) is 18.4 Å². The van der Waals surface area contributed by atoms with E-state index in [1.165, 1.54) is 5.69 Å². The van der Waals surface area contributed by atoms with Gasteiger partial charge in [0.2, 0.25) is 0 Å². The molecule has 0 unspecified atom stereocenters. The summed E-state index contributed by atoms with van der Waals surface area (Å²) in [5.41, 5.74) is 2.34. The van der Waals surface area contributed by atoms with E-state index in [4.69, 9.17) is 0 Å². The third kappa shape index (κ3) is 3.89. The lowest BCUT2D eigenvalue weighted by molar-refractivity contribution is 0.179. The SMILES string of the molecule is CC(C)N(Cc1ccc(N(C)C)cc1)C(=O)NC1CC1. The zero-order valence-electron chi connectivity index (χ0n) is 12.9.